The van der Waals surface area contributed by atoms with Crippen LogP contribution in [0.2, 0.25) is 0 Å². The maximum atomic E-state index is 11.0. The van der Waals surface area contributed by atoms with E-state index >= 15 is 0 Å². The molecular weight excluding hydrogens is 216 g/mol. The van der Waals surface area contributed by atoms with Gasteiger partial charge in [-0.25, -0.2) is 0 Å². The average molecular weight is 231 g/mol. The first-order chi connectivity index (χ1) is 7.07. The number of amides is 2. The Morgan fingerprint density at radius 3 is 2.47 bits per heavy atom. The van der Waals surface area contributed by atoms with Gasteiger partial charge in [-0.1, -0.05) is 18.2 Å². The van der Waals surface area contributed by atoms with Crippen molar-refractivity contribution in [3.05, 3.63) is 23.8 Å². The van der Waals surface area contributed by atoms with Gasteiger partial charge in [0.05, 0.1) is 0 Å². The third-order valence-corrected chi connectivity index (χ3v) is 1.67. The minimum Gasteiger partial charge on any atom is -0.352 e. The molecule has 0 radical (unpaired) electrons. The maximum Gasteiger partial charge on any atom is 0.246 e. The zero-order valence-corrected chi connectivity index (χ0v) is 9.43. The highest BCUT2D eigenvalue weighted by Gasteiger charge is 1.99. The van der Waals surface area contributed by atoms with E-state index in [0.29, 0.717) is 25.1 Å². The highest BCUT2D eigenvalue weighted by atomic mass is 35.5. The van der Waals surface area contributed by atoms with Crippen LogP contribution in [0.5, 0.6) is 0 Å². The molecule has 0 aromatic carbocycles. The molecule has 0 saturated carbocycles. The predicted molar refractivity (Wildman–Crippen MR) is 60.4 cm³/mol. The predicted octanol–water partition coefficient (Wildman–Crippen LogP) is 0.938. The molecule has 4 nitrogen and oxygen atoms in total. The van der Waals surface area contributed by atoms with Crippen LogP contribution in [0.1, 0.15) is 13.3 Å². The number of halogens is 1. The molecule has 0 aliphatic heterocycles. The Bertz CT molecular complexity index is 275. The summed E-state index contributed by atoms with van der Waals surface area (Å²) in [6, 6.07) is 0. The Kier molecular flexibility index (Phi) is 7.36. The first kappa shape index (κ1) is 13.7. The Morgan fingerprint density at radius 2 is 1.93 bits per heavy atom. The van der Waals surface area contributed by atoms with Crippen molar-refractivity contribution in [3.8, 4) is 0 Å². The van der Waals surface area contributed by atoms with E-state index in [2.05, 4.69) is 17.2 Å². The summed E-state index contributed by atoms with van der Waals surface area (Å²) < 4.78 is 0. The van der Waals surface area contributed by atoms with Gasteiger partial charge in [0.2, 0.25) is 11.8 Å². The summed E-state index contributed by atoms with van der Waals surface area (Å²) >= 11 is 5.20. The molecule has 0 aromatic heterocycles. The molecule has 5 heteroatoms. The van der Waals surface area contributed by atoms with E-state index < -0.39 is 0 Å². The first-order valence-corrected chi connectivity index (χ1v) is 5.00. The van der Waals surface area contributed by atoms with Crippen molar-refractivity contribution < 1.29 is 9.59 Å². The standard InChI is InChI=1S/C10H15ClN2O2/c1-8(2)10(15)13-7-3-6-12-9(14)4-5-11/h4-5H,1,3,6-7H2,2H3,(H,12,14)(H,13,15). The van der Waals surface area contributed by atoms with E-state index in [4.69, 9.17) is 11.6 Å². The average Bonchev–Trinajstić information content (AvgIpc) is 2.17. The molecule has 15 heavy (non-hydrogen) atoms. The maximum absolute atomic E-state index is 11.0. The summed E-state index contributed by atoms with van der Waals surface area (Å²) in [6.07, 6.45) is 1.90. The molecular formula is C10H15ClN2O2. The summed E-state index contributed by atoms with van der Waals surface area (Å²) in [7, 11) is 0. The normalized spacial score (nSPS) is 10.0. The third kappa shape index (κ3) is 7.76. The van der Waals surface area contributed by atoms with Crippen LogP contribution >= 0.6 is 11.6 Å². The molecule has 0 aliphatic rings. The fraction of sp³-hybridized carbons (Fsp3) is 0.400. The largest absolute Gasteiger partial charge is 0.352 e. The summed E-state index contributed by atoms with van der Waals surface area (Å²) in [5, 5.41) is 5.26. The minimum atomic E-state index is -0.240. The molecule has 0 atom stereocenters. The van der Waals surface area contributed by atoms with Gasteiger partial charge in [0.1, 0.15) is 0 Å². The van der Waals surface area contributed by atoms with Gasteiger partial charge in [-0.15, -0.1) is 0 Å². The van der Waals surface area contributed by atoms with Crippen molar-refractivity contribution in [1.29, 1.82) is 0 Å². The van der Waals surface area contributed by atoms with Gasteiger partial charge in [0.25, 0.3) is 0 Å². The van der Waals surface area contributed by atoms with Crippen LogP contribution in [0, 0.1) is 0 Å². The van der Waals surface area contributed by atoms with Gasteiger partial charge in [-0.05, 0) is 13.3 Å². The van der Waals surface area contributed by atoms with Crippen molar-refractivity contribution in [2.24, 2.45) is 0 Å². The van der Waals surface area contributed by atoms with Gasteiger partial charge in [0, 0.05) is 30.3 Å². The fourth-order valence-electron chi connectivity index (χ4n) is 0.769. The molecule has 0 saturated heterocycles. The molecule has 2 N–H and O–H groups in total. The quantitative estimate of drug-likeness (QED) is 0.527. The number of rotatable bonds is 6. The molecule has 84 valence electrons. The van der Waals surface area contributed by atoms with E-state index in [1.807, 2.05) is 0 Å². The Labute approximate surface area is 94.4 Å². The topological polar surface area (TPSA) is 58.2 Å². The van der Waals surface area contributed by atoms with Gasteiger partial charge in [-0.2, -0.15) is 0 Å². The van der Waals surface area contributed by atoms with E-state index in [-0.39, 0.29) is 11.8 Å². The highest BCUT2D eigenvalue weighted by Crippen LogP contribution is 1.85. The van der Waals surface area contributed by atoms with Crippen molar-refractivity contribution in [2.45, 2.75) is 13.3 Å². The minimum absolute atomic E-state index is 0.165. The lowest BCUT2D eigenvalue weighted by atomic mass is 10.3. The van der Waals surface area contributed by atoms with Gasteiger partial charge < -0.3 is 10.6 Å². The molecule has 0 aliphatic carbocycles. The second kappa shape index (κ2) is 8.05. The van der Waals surface area contributed by atoms with E-state index in [9.17, 15) is 9.59 Å². The molecule has 0 unspecified atom stereocenters. The summed E-state index contributed by atoms with van der Waals surface area (Å²) in [6.45, 7) is 6.15. The van der Waals surface area contributed by atoms with Crippen LogP contribution in [0.4, 0.5) is 0 Å². The summed E-state index contributed by atoms with van der Waals surface area (Å²) in [5.74, 6) is -0.404. The van der Waals surface area contributed by atoms with Gasteiger partial charge in [0.15, 0.2) is 0 Å². The van der Waals surface area contributed by atoms with Crippen molar-refractivity contribution in [2.75, 3.05) is 13.1 Å². The number of carbonyl (C=O) groups is 2. The molecule has 0 rings (SSSR count). The van der Waals surface area contributed by atoms with Crippen molar-refractivity contribution >= 4 is 23.4 Å². The smallest absolute Gasteiger partial charge is 0.246 e. The fourth-order valence-corrected chi connectivity index (χ4v) is 0.883. The molecule has 0 fully saturated rings. The molecule has 0 aromatic rings. The SMILES string of the molecule is C=C(C)C(=O)NCCCNC(=O)C=CCl. The number of carbonyl (C=O) groups excluding carboxylic acids is 2. The molecule has 0 bridgehead atoms. The lowest BCUT2D eigenvalue weighted by Crippen LogP contribution is -2.29. The second-order valence-electron chi connectivity index (χ2n) is 2.97. The van der Waals surface area contributed by atoms with Crippen LogP contribution < -0.4 is 10.6 Å². The Hall–Kier alpha value is -1.29. The van der Waals surface area contributed by atoms with Crippen LogP contribution in [0.15, 0.2) is 23.8 Å². The summed E-state index contributed by atoms with van der Waals surface area (Å²) in [5.41, 5.74) is 1.63. The van der Waals surface area contributed by atoms with Gasteiger partial charge in [-0.3, -0.25) is 9.59 Å². The monoisotopic (exact) mass is 230 g/mol. The molecule has 0 heterocycles. The second-order valence-corrected chi connectivity index (χ2v) is 3.23. The number of hydrogen-bond acceptors (Lipinski definition) is 2. The van der Waals surface area contributed by atoms with Crippen molar-refractivity contribution in [1.82, 2.24) is 10.6 Å². The number of nitrogens with one attached hydrogen (secondary N) is 2. The third-order valence-electron chi connectivity index (χ3n) is 1.54. The zero-order chi connectivity index (χ0) is 11.7. The van der Waals surface area contributed by atoms with Crippen LogP contribution in [0.25, 0.3) is 0 Å². The van der Waals surface area contributed by atoms with Crippen LogP contribution in [-0.4, -0.2) is 24.9 Å². The van der Waals surface area contributed by atoms with Gasteiger partial charge >= 0.3 is 0 Å². The van der Waals surface area contributed by atoms with Crippen LogP contribution in [-0.2, 0) is 9.59 Å². The van der Waals surface area contributed by atoms with Crippen LogP contribution in [0.3, 0.4) is 0 Å². The Balaban J connectivity index is 3.44. The molecule has 0 spiro atoms. The van der Waals surface area contributed by atoms with E-state index in [0.717, 1.165) is 5.54 Å². The van der Waals surface area contributed by atoms with E-state index in [1.54, 1.807) is 6.92 Å². The first-order valence-electron chi connectivity index (χ1n) is 4.56. The summed E-state index contributed by atoms with van der Waals surface area (Å²) in [4.78, 5) is 21.9. The van der Waals surface area contributed by atoms with Crippen molar-refractivity contribution in [3.63, 3.8) is 0 Å². The zero-order valence-electron chi connectivity index (χ0n) is 8.68. The Morgan fingerprint density at radius 1 is 1.33 bits per heavy atom. The lowest BCUT2D eigenvalue weighted by molar-refractivity contribution is -0.117. The lowest BCUT2D eigenvalue weighted by Gasteiger charge is -2.04. The molecule has 2 amide bonds. The highest BCUT2D eigenvalue weighted by molar-refractivity contribution is 6.26. The van der Waals surface area contributed by atoms with E-state index in [1.165, 1.54) is 6.08 Å². The number of hydrogen-bond donors (Lipinski definition) is 2.